The molecule has 0 spiro atoms. The van der Waals surface area contributed by atoms with Gasteiger partial charge in [0.05, 0.1) is 12.3 Å². The lowest BCUT2D eigenvalue weighted by molar-refractivity contribution is -0.120. The Morgan fingerprint density at radius 3 is 2.65 bits per heavy atom. The molecule has 1 aliphatic rings. The van der Waals surface area contributed by atoms with Gasteiger partial charge in [-0.05, 0) is 25.3 Å². The summed E-state index contributed by atoms with van der Waals surface area (Å²) in [5.74, 6) is 0.504. The number of hydrogen-bond donors (Lipinski definition) is 3. The normalized spacial score (nSPS) is 15.8. The number of nitrogens with one attached hydrogen (secondary N) is 3. The third-order valence-corrected chi connectivity index (χ3v) is 3.94. The van der Waals surface area contributed by atoms with Gasteiger partial charge in [0.25, 0.3) is 0 Å². The molecule has 0 heterocycles. The van der Waals surface area contributed by atoms with Crippen molar-refractivity contribution < 1.29 is 13.2 Å². The van der Waals surface area contributed by atoms with Crippen molar-refractivity contribution in [3.63, 3.8) is 0 Å². The van der Waals surface area contributed by atoms with Gasteiger partial charge < -0.3 is 10.6 Å². The average molecular weight is 263 g/mol. The van der Waals surface area contributed by atoms with Crippen LogP contribution in [0.2, 0.25) is 0 Å². The molecule has 0 aliphatic heterocycles. The Morgan fingerprint density at radius 1 is 1.35 bits per heavy atom. The van der Waals surface area contributed by atoms with Gasteiger partial charge in [-0.2, -0.15) is 0 Å². The van der Waals surface area contributed by atoms with Crippen LogP contribution in [-0.2, 0) is 14.8 Å². The molecule has 1 fully saturated rings. The highest BCUT2D eigenvalue weighted by atomic mass is 32.2. The van der Waals surface area contributed by atoms with Crippen molar-refractivity contribution in [3.05, 3.63) is 0 Å². The van der Waals surface area contributed by atoms with E-state index < -0.39 is 10.0 Å². The Labute approximate surface area is 103 Å². The maximum Gasteiger partial charge on any atom is 0.233 e. The molecule has 0 atom stereocenters. The molecule has 1 aliphatic carbocycles. The van der Waals surface area contributed by atoms with Crippen LogP contribution >= 0.6 is 0 Å². The van der Waals surface area contributed by atoms with Crippen LogP contribution in [0.25, 0.3) is 0 Å². The van der Waals surface area contributed by atoms with Crippen LogP contribution in [0.5, 0.6) is 0 Å². The molecular weight excluding hydrogens is 242 g/mol. The van der Waals surface area contributed by atoms with Gasteiger partial charge in [-0.25, -0.2) is 13.1 Å². The summed E-state index contributed by atoms with van der Waals surface area (Å²) in [5.41, 5.74) is 0. The van der Waals surface area contributed by atoms with Crippen LogP contribution < -0.4 is 15.4 Å². The number of amides is 1. The van der Waals surface area contributed by atoms with Crippen LogP contribution in [0.15, 0.2) is 0 Å². The van der Waals surface area contributed by atoms with Crippen molar-refractivity contribution in [1.29, 1.82) is 0 Å². The Bertz CT molecular complexity index is 339. The molecule has 17 heavy (non-hydrogen) atoms. The van der Waals surface area contributed by atoms with E-state index >= 15 is 0 Å². The zero-order valence-corrected chi connectivity index (χ0v) is 11.0. The van der Waals surface area contributed by atoms with E-state index in [9.17, 15) is 13.2 Å². The molecule has 100 valence electrons. The van der Waals surface area contributed by atoms with E-state index in [-0.39, 0.29) is 24.7 Å². The molecule has 0 saturated heterocycles. The highest BCUT2D eigenvalue weighted by Crippen LogP contribution is 2.27. The van der Waals surface area contributed by atoms with Crippen molar-refractivity contribution >= 4 is 15.9 Å². The van der Waals surface area contributed by atoms with E-state index in [2.05, 4.69) is 15.4 Å². The van der Waals surface area contributed by atoms with E-state index in [1.165, 1.54) is 12.8 Å². The molecule has 0 aromatic heterocycles. The van der Waals surface area contributed by atoms with Crippen molar-refractivity contribution in [1.82, 2.24) is 15.4 Å². The minimum atomic E-state index is -3.24. The predicted molar refractivity (Wildman–Crippen MR) is 66.1 cm³/mol. The second kappa shape index (κ2) is 6.93. The smallest absolute Gasteiger partial charge is 0.233 e. The first-order valence-corrected chi connectivity index (χ1v) is 7.63. The van der Waals surface area contributed by atoms with E-state index in [0.717, 1.165) is 12.5 Å². The largest absolute Gasteiger partial charge is 0.354 e. The summed E-state index contributed by atoms with van der Waals surface area (Å²) in [5, 5.41) is 5.61. The van der Waals surface area contributed by atoms with Gasteiger partial charge in [-0.3, -0.25) is 4.79 Å². The summed E-state index contributed by atoms with van der Waals surface area (Å²) < 4.78 is 24.9. The minimum Gasteiger partial charge on any atom is -0.354 e. The van der Waals surface area contributed by atoms with Crippen LogP contribution in [-0.4, -0.2) is 46.3 Å². The van der Waals surface area contributed by atoms with Crippen LogP contribution in [0.1, 0.15) is 19.8 Å². The zero-order chi connectivity index (χ0) is 12.7. The number of hydrogen-bond acceptors (Lipinski definition) is 4. The van der Waals surface area contributed by atoms with Gasteiger partial charge in [0.2, 0.25) is 15.9 Å². The number of sulfonamides is 1. The van der Waals surface area contributed by atoms with E-state index in [0.29, 0.717) is 6.54 Å². The highest BCUT2D eigenvalue weighted by molar-refractivity contribution is 7.89. The number of rotatable bonds is 9. The summed E-state index contributed by atoms with van der Waals surface area (Å²) in [6.45, 7) is 3.39. The molecule has 3 N–H and O–H groups in total. The fourth-order valence-corrected chi connectivity index (χ4v) is 2.35. The summed E-state index contributed by atoms with van der Waals surface area (Å²) >= 11 is 0. The second-order valence-corrected chi connectivity index (χ2v) is 6.17. The molecule has 6 nitrogen and oxygen atoms in total. The van der Waals surface area contributed by atoms with E-state index in [1.54, 1.807) is 6.92 Å². The Kier molecular flexibility index (Phi) is 5.87. The maximum atomic E-state index is 11.3. The average Bonchev–Trinajstić information content (AvgIpc) is 3.01. The first-order valence-electron chi connectivity index (χ1n) is 5.98. The molecule has 1 saturated carbocycles. The van der Waals surface area contributed by atoms with E-state index in [1.807, 2.05) is 0 Å². The fourth-order valence-electron chi connectivity index (χ4n) is 1.39. The standard InChI is InChI=1S/C10H21N3O3S/c1-2-13-17(15,16)6-5-12-10(14)8-11-7-9-3-4-9/h9,11,13H,2-8H2,1H3,(H,12,14). The van der Waals surface area contributed by atoms with Crippen LogP contribution in [0.4, 0.5) is 0 Å². The summed E-state index contributed by atoms with van der Waals surface area (Å²) in [6.07, 6.45) is 2.49. The van der Waals surface area contributed by atoms with E-state index in [4.69, 9.17) is 0 Å². The van der Waals surface area contributed by atoms with Gasteiger partial charge in [-0.15, -0.1) is 0 Å². The Morgan fingerprint density at radius 2 is 2.06 bits per heavy atom. The van der Waals surface area contributed by atoms with Crippen molar-refractivity contribution in [2.24, 2.45) is 5.92 Å². The third-order valence-electron chi connectivity index (χ3n) is 2.47. The Balaban J connectivity index is 2.02. The summed E-state index contributed by atoms with van der Waals surface area (Å²) in [4.78, 5) is 11.3. The van der Waals surface area contributed by atoms with Crippen molar-refractivity contribution in [2.75, 3.05) is 31.9 Å². The lowest BCUT2D eigenvalue weighted by atomic mass is 10.4. The molecule has 0 unspecified atom stereocenters. The molecule has 1 amide bonds. The molecule has 0 bridgehead atoms. The minimum absolute atomic E-state index is 0.0742. The molecule has 1 rings (SSSR count). The van der Waals surface area contributed by atoms with Gasteiger partial charge in [0.1, 0.15) is 0 Å². The molecular formula is C10H21N3O3S. The second-order valence-electron chi connectivity index (χ2n) is 4.24. The summed E-state index contributed by atoms with van der Waals surface area (Å²) in [7, 11) is -3.24. The maximum absolute atomic E-state index is 11.3. The molecule has 0 radical (unpaired) electrons. The number of carbonyl (C=O) groups excluding carboxylic acids is 1. The summed E-state index contributed by atoms with van der Waals surface area (Å²) in [6, 6.07) is 0. The highest BCUT2D eigenvalue weighted by Gasteiger charge is 2.20. The lowest BCUT2D eigenvalue weighted by Crippen LogP contribution is -2.38. The lowest BCUT2D eigenvalue weighted by Gasteiger charge is -2.07. The molecule has 0 aromatic carbocycles. The van der Waals surface area contributed by atoms with Gasteiger partial charge in [-0.1, -0.05) is 6.92 Å². The first kappa shape index (κ1) is 14.4. The quantitative estimate of drug-likeness (QED) is 0.500. The predicted octanol–water partition coefficient (Wildman–Crippen LogP) is -0.958. The van der Waals surface area contributed by atoms with Crippen molar-refractivity contribution in [3.8, 4) is 0 Å². The topological polar surface area (TPSA) is 87.3 Å². The fraction of sp³-hybridized carbons (Fsp3) is 0.900. The van der Waals surface area contributed by atoms with Gasteiger partial charge >= 0.3 is 0 Å². The van der Waals surface area contributed by atoms with Gasteiger partial charge in [0.15, 0.2) is 0 Å². The van der Waals surface area contributed by atoms with Gasteiger partial charge in [0, 0.05) is 13.1 Å². The monoisotopic (exact) mass is 263 g/mol. The first-order chi connectivity index (χ1) is 8.03. The Hall–Kier alpha value is -0.660. The number of carbonyl (C=O) groups is 1. The van der Waals surface area contributed by atoms with Crippen molar-refractivity contribution in [2.45, 2.75) is 19.8 Å². The third kappa shape index (κ3) is 7.30. The van der Waals surface area contributed by atoms with Crippen LogP contribution in [0.3, 0.4) is 0 Å². The SMILES string of the molecule is CCNS(=O)(=O)CCNC(=O)CNCC1CC1. The van der Waals surface area contributed by atoms with Crippen LogP contribution in [0, 0.1) is 5.92 Å². The molecule has 0 aromatic rings. The molecule has 7 heteroatoms. The zero-order valence-electron chi connectivity index (χ0n) is 10.2.